The van der Waals surface area contributed by atoms with E-state index in [9.17, 15) is 23.6 Å². The van der Waals surface area contributed by atoms with Crippen LogP contribution in [0.5, 0.6) is 0 Å². The van der Waals surface area contributed by atoms with Gasteiger partial charge >= 0.3 is 5.97 Å². The molecule has 0 saturated carbocycles. The second-order valence-electron chi connectivity index (χ2n) is 8.48. The number of ether oxygens (including phenoxy) is 1. The van der Waals surface area contributed by atoms with Crippen molar-refractivity contribution in [2.75, 3.05) is 19.0 Å². The number of nitrogens with one attached hydrogen (secondary N) is 1. The van der Waals surface area contributed by atoms with Gasteiger partial charge in [0, 0.05) is 22.8 Å². The van der Waals surface area contributed by atoms with Gasteiger partial charge in [0.25, 0.3) is 11.1 Å². The molecule has 8 nitrogen and oxygen atoms in total. The lowest BCUT2D eigenvalue weighted by Gasteiger charge is -2.14. The highest BCUT2D eigenvalue weighted by molar-refractivity contribution is 8.18. The minimum absolute atomic E-state index is 0.184. The van der Waals surface area contributed by atoms with E-state index < -0.39 is 35.4 Å². The molecule has 0 aliphatic carbocycles. The molecule has 0 radical (unpaired) electrons. The van der Waals surface area contributed by atoms with Crippen LogP contribution < -0.4 is 5.32 Å². The lowest BCUT2D eigenvalue weighted by molar-refractivity contribution is -0.127. The topological polar surface area (TPSA) is 97.7 Å². The molecular formula is C27H24FN3O5S. The van der Waals surface area contributed by atoms with Gasteiger partial charge in [0.2, 0.25) is 5.91 Å². The molecule has 1 fully saturated rings. The van der Waals surface area contributed by atoms with E-state index in [0.717, 1.165) is 50.9 Å². The number of carbonyl (C=O) groups excluding carboxylic acids is 4. The molecular weight excluding hydrogens is 497 g/mol. The third-order valence-corrected chi connectivity index (χ3v) is 6.82. The van der Waals surface area contributed by atoms with Crippen LogP contribution in [-0.4, -0.2) is 46.1 Å². The number of carbonyl (C=O) groups is 4. The predicted molar refractivity (Wildman–Crippen MR) is 139 cm³/mol. The minimum atomic E-state index is -0.617. The molecule has 4 rings (SSSR count). The number of methoxy groups -OCH3 is 1. The first-order valence-electron chi connectivity index (χ1n) is 11.3. The maximum Gasteiger partial charge on any atom is 0.337 e. The normalized spacial score (nSPS) is 14.4. The Kier molecular flexibility index (Phi) is 7.30. The number of amides is 3. The molecule has 37 heavy (non-hydrogen) atoms. The van der Waals surface area contributed by atoms with Gasteiger partial charge in [0.15, 0.2) is 0 Å². The highest BCUT2D eigenvalue weighted by Crippen LogP contribution is 2.34. The highest BCUT2D eigenvalue weighted by atomic mass is 32.2. The van der Waals surface area contributed by atoms with Crippen LogP contribution >= 0.6 is 11.8 Å². The first kappa shape index (κ1) is 25.9. The molecule has 1 aromatic heterocycles. The van der Waals surface area contributed by atoms with Gasteiger partial charge in [0.05, 0.1) is 17.6 Å². The van der Waals surface area contributed by atoms with Gasteiger partial charge in [-0.2, -0.15) is 0 Å². The zero-order valence-electron chi connectivity index (χ0n) is 20.6. The molecule has 2 aromatic carbocycles. The first-order valence-corrected chi connectivity index (χ1v) is 12.1. The number of esters is 1. The number of anilines is 1. The minimum Gasteiger partial charge on any atom is -0.465 e. The van der Waals surface area contributed by atoms with Gasteiger partial charge in [-0.1, -0.05) is 12.1 Å². The van der Waals surface area contributed by atoms with Crippen molar-refractivity contribution < 1.29 is 28.3 Å². The van der Waals surface area contributed by atoms with Gasteiger partial charge in [0.1, 0.15) is 12.4 Å². The molecule has 1 N–H and O–H groups in total. The average Bonchev–Trinajstić information content (AvgIpc) is 3.27. The van der Waals surface area contributed by atoms with Crippen molar-refractivity contribution >= 4 is 46.5 Å². The van der Waals surface area contributed by atoms with Crippen molar-refractivity contribution in [1.29, 1.82) is 0 Å². The van der Waals surface area contributed by atoms with Gasteiger partial charge in [-0.15, -0.1) is 0 Å². The summed E-state index contributed by atoms with van der Waals surface area (Å²) in [6, 6.07) is 12.5. The Labute approximate surface area is 217 Å². The van der Waals surface area contributed by atoms with Crippen LogP contribution in [-0.2, 0) is 14.3 Å². The number of rotatable bonds is 6. The number of benzene rings is 2. The SMILES string of the molecule is COC(=O)c1ccc(C)c(-n2c(C)cc(/C=C3/SC(=O)N(CC(=O)Nc4cccc(F)c4)C3=O)c2C)c1. The smallest absolute Gasteiger partial charge is 0.337 e. The van der Waals surface area contributed by atoms with E-state index in [4.69, 9.17) is 4.74 Å². The van der Waals surface area contributed by atoms with Crippen LogP contribution in [0.25, 0.3) is 11.8 Å². The summed E-state index contributed by atoms with van der Waals surface area (Å²) in [5, 5.41) is 1.92. The number of hydrogen-bond acceptors (Lipinski definition) is 6. The fourth-order valence-electron chi connectivity index (χ4n) is 4.09. The molecule has 0 atom stereocenters. The number of aromatic nitrogens is 1. The molecule has 190 valence electrons. The average molecular weight is 522 g/mol. The van der Waals surface area contributed by atoms with Gasteiger partial charge in [-0.25, -0.2) is 9.18 Å². The largest absolute Gasteiger partial charge is 0.465 e. The third kappa shape index (κ3) is 5.34. The lowest BCUT2D eigenvalue weighted by Crippen LogP contribution is -2.36. The highest BCUT2D eigenvalue weighted by Gasteiger charge is 2.36. The summed E-state index contributed by atoms with van der Waals surface area (Å²) in [5.74, 6) is -2.16. The maximum atomic E-state index is 13.4. The standard InChI is InChI=1S/C27H24FN3O5S/c1-15-8-9-18(26(34)36-4)11-22(15)31-16(2)10-19(17(31)3)12-23-25(33)30(27(35)37-23)14-24(32)29-21-7-5-6-20(28)13-21/h5-13H,14H2,1-4H3,(H,29,32)/b23-12+. The van der Waals surface area contributed by atoms with Crippen molar-refractivity contribution in [3.63, 3.8) is 0 Å². The molecule has 0 bridgehead atoms. The van der Waals surface area contributed by atoms with Crippen molar-refractivity contribution in [2.45, 2.75) is 20.8 Å². The van der Waals surface area contributed by atoms with E-state index in [-0.39, 0.29) is 10.6 Å². The van der Waals surface area contributed by atoms with Gasteiger partial charge in [-0.05, 0) is 86.1 Å². The number of thioether (sulfide) groups is 1. The predicted octanol–water partition coefficient (Wildman–Crippen LogP) is 5.00. The molecule has 0 spiro atoms. The van der Waals surface area contributed by atoms with Gasteiger partial charge < -0.3 is 14.6 Å². The Balaban J connectivity index is 1.57. The quantitative estimate of drug-likeness (QED) is 0.362. The maximum absolute atomic E-state index is 13.4. The number of halogens is 1. The Morgan fingerprint density at radius 3 is 2.54 bits per heavy atom. The van der Waals surface area contributed by atoms with Crippen LogP contribution in [0.15, 0.2) is 53.4 Å². The van der Waals surface area contributed by atoms with Crippen LogP contribution in [0.3, 0.4) is 0 Å². The zero-order chi connectivity index (χ0) is 26.9. The summed E-state index contributed by atoms with van der Waals surface area (Å²) in [6.07, 6.45) is 1.62. The van der Waals surface area contributed by atoms with E-state index >= 15 is 0 Å². The summed E-state index contributed by atoms with van der Waals surface area (Å²) in [7, 11) is 1.32. The van der Waals surface area contributed by atoms with E-state index in [0.29, 0.717) is 5.56 Å². The molecule has 0 unspecified atom stereocenters. The van der Waals surface area contributed by atoms with E-state index in [1.807, 2.05) is 37.5 Å². The van der Waals surface area contributed by atoms with E-state index in [1.165, 1.54) is 25.3 Å². The van der Waals surface area contributed by atoms with Crippen LogP contribution in [0.1, 0.15) is 32.9 Å². The summed E-state index contributed by atoms with van der Waals surface area (Å²) in [4.78, 5) is 50.9. The second kappa shape index (κ2) is 10.4. The second-order valence-corrected chi connectivity index (χ2v) is 9.47. The molecule has 2 heterocycles. The number of nitrogens with zero attached hydrogens (tertiary/aromatic N) is 2. The number of aryl methyl sites for hydroxylation is 2. The van der Waals surface area contributed by atoms with Crippen LogP contribution in [0, 0.1) is 26.6 Å². The first-order chi connectivity index (χ1) is 17.6. The Hall–Kier alpha value is -4.18. The van der Waals surface area contributed by atoms with Crippen LogP contribution in [0.4, 0.5) is 14.9 Å². The molecule has 3 aromatic rings. The molecule has 1 saturated heterocycles. The number of imide groups is 1. The summed E-state index contributed by atoms with van der Waals surface area (Å²) in [6.45, 7) is 5.21. The van der Waals surface area contributed by atoms with Crippen molar-refractivity contribution in [3.8, 4) is 5.69 Å². The molecule has 3 amide bonds. The Bertz CT molecular complexity index is 1480. The fourth-order valence-corrected chi connectivity index (χ4v) is 4.92. The van der Waals surface area contributed by atoms with E-state index in [2.05, 4.69) is 5.32 Å². The fraction of sp³-hybridized carbons (Fsp3) is 0.185. The van der Waals surface area contributed by atoms with Gasteiger partial charge in [-0.3, -0.25) is 19.3 Å². The summed E-state index contributed by atoms with van der Waals surface area (Å²) < 4.78 is 20.2. The Morgan fingerprint density at radius 2 is 1.84 bits per heavy atom. The Morgan fingerprint density at radius 1 is 1.08 bits per heavy atom. The van der Waals surface area contributed by atoms with E-state index in [1.54, 1.807) is 18.2 Å². The monoisotopic (exact) mass is 521 g/mol. The summed E-state index contributed by atoms with van der Waals surface area (Å²) >= 11 is 0.748. The van der Waals surface area contributed by atoms with Crippen LogP contribution in [0.2, 0.25) is 0 Å². The van der Waals surface area contributed by atoms with Crippen molar-refractivity contribution in [3.05, 3.63) is 87.3 Å². The number of hydrogen-bond donors (Lipinski definition) is 1. The molecule has 1 aliphatic rings. The van der Waals surface area contributed by atoms with Crippen molar-refractivity contribution in [2.24, 2.45) is 0 Å². The molecule has 10 heteroatoms. The van der Waals surface area contributed by atoms with Crippen molar-refractivity contribution in [1.82, 2.24) is 9.47 Å². The molecule has 1 aliphatic heterocycles. The third-order valence-electron chi connectivity index (χ3n) is 5.91. The lowest BCUT2D eigenvalue weighted by atomic mass is 10.1. The summed E-state index contributed by atoms with van der Waals surface area (Å²) in [5.41, 5.74) is 4.75. The zero-order valence-corrected chi connectivity index (χ0v) is 21.4.